The summed E-state index contributed by atoms with van der Waals surface area (Å²) in [6, 6.07) is 10.0. The summed E-state index contributed by atoms with van der Waals surface area (Å²) in [5.74, 6) is -0.962. The van der Waals surface area contributed by atoms with Gasteiger partial charge in [0.2, 0.25) is 21.8 Å². The lowest BCUT2D eigenvalue weighted by atomic mass is 10.1. The van der Waals surface area contributed by atoms with Gasteiger partial charge in [0, 0.05) is 25.2 Å². The van der Waals surface area contributed by atoms with Gasteiger partial charge in [-0.25, -0.2) is 8.42 Å². The molecule has 1 unspecified atom stereocenters. The summed E-state index contributed by atoms with van der Waals surface area (Å²) in [6.07, 6.45) is 1.19. The maximum Gasteiger partial charge on any atom is 0.271 e. The van der Waals surface area contributed by atoms with E-state index in [1.54, 1.807) is 13.8 Å². The van der Waals surface area contributed by atoms with Gasteiger partial charge in [0.25, 0.3) is 5.69 Å². The standard InChI is InChI=1S/C24H32N4O7S/c1-6-20(24(30)25-7-2)26(15-18-11-9-8-10-17(18)3)23(29)16-27(36(5,33)34)21-14-19(28(31)32)12-13-22(21)35-4/h8-14,20H,6-7,15-16H2,1-5H3,(H,25,30). The number of carbonyl (C=O) groups excluding carboxylic acids is 2. The van der Waals surface area contributed by atoms with Crippen LogP contribution in [0.1, 0.15) is 31.4 Å². The molecule has 36 heavy (non-hydrogen) atoms. The Kier molecular flexibility index (Phi) is 9.79. The monoisotopic (exact) mass is 520 g/mol. The Morgan fingerprint density at radius 2 is 1.83 bits per heavy atom. The highest BCUT2D eigenvalue weighted by Crippen LogP contribution is 2.34. The first-order chi connectivity index (χ1) is 16.9. The zero-order valence-electron chi connectivity index (χ0n) is 21.1. The highest BCUT2D eigenvalue weighted by Gasteiger charge is 2.33. The van der Waals surface area contributed by atoms with E-state index in [1.165, 1.54) is 24.1 Å². The zero-order valence-corrected chi connectivity index (χ0v) is 21.9. The Labute approximate surface area is 211 Å². The molecule has 1 atom stereocenters. The maximum absolute atomic E-state index is 13.7. The van der Waals surface area contributed by atoms with Crippen LogP contribution < -0.4 is 14.4 Å². The van der Waals surface area contributed by atoms with Crippen LogP contribution in [0.3, 0.4) is 0 Å². The third kappa shape index (κ3) is 6.94. The van der Waals surface area contributed by atoms with E-state index in [2.05, 4.69) is 5.32 Å². The third-order valence-electron chi connectivity index (χ3n) is 5.66. The van der Waals surface area contributed by atoms with Gasteiger partial charge < -0.3 is 15.0 Å². The summed E-state index contributed by atoms with van der Waals surface area (Å²) in [4.78, 5) is 38.5. The van der Waals surface area contributed by atoms with Crippen LogP contribution in [0, 0.1) is 17.0 Å². The minimum atomic E-state index is -4.08. The summed E-state index contributed by atoms with van der Waals surface area (Å²) >= 11 is 0. The van der Waals surface area contributed by atoms with Gasteiger partial charge in [0.1, 0.15) is 24.0 Å². The number of rotatable bonds is 12. The molecule has 0 aliphatic heterocycles. The molecule has 0 aliphatic rings. The average Bonchev–Trinajstić information content (AvgIpc) is 2.82. The van der Waals surface area contributed by atoms with Crippen LogP contribution in [0.4, 0.5) is 11.4 Å². The first kappa shape index (κ1) is 28.6. The molecule has 2 rings (SSSR count). The predicted octanol–water partition coefficient (Wildman–Crippen LogP) is 2.62. The van der Waals surface area contributed by atoms with E-state index in [1.807, 2.05) is 31.2 Å². The topological polar surface area (TPSA) is 139 Å². The minimum Gasteiger partial charge on any atom is -0.495 e. The number of sulfonamides is 1. The van der Waals surface area contributed by atoms with Gasteiger partial charge in [-0.3, -0.25) is 24.0 Å². The molecule has 0 aromatic heterocycles. The van der Waals surface area contributed by atoms with Gasteiger partial charge in [-0.05, 0) is 37.5 Å². The lowest BCUT2D eigenvalue weighted by Gasteiger charge is -2.33. The molecule has 0 aliphatic carbocycles. The molecule has 2 aromatic carbocycles. The maximum atomic E-state index is 13.7. The summed E-state index contributed by atoms with van der Waals surface area (Å²) in [7, 11) is -2.79. The van der Waals surface area contributed by atoms with Crippen molar-refractivity contribution in [1.29, 1.82) is 0 Å². The zero-order chi connectivity index (χ0) is 27.0. The van der Waals surface area contributed by atoms with Gasteiger partial charge in [-0.1, -0.05) is 31.2 Å². The van der Waals surface area contributed by atoms with E-state index >= 15 is 0 Å². The second-order valence-electron chi connectivity index (χ2n) is 8.15. The Morgan fingerprint density at radius 1 is 1.17 bits per heavy atom. The molecule has 11 nitrogen and oxygen atoms in total. The van der Waals surface area contributed by atoms with Crippen molar-refractivity contribution in [1.82, 2.24) is 10.2 Å². The highest BCUT2D eigenvalue weighted by atomic mass is 32.2. The number of nitro benzene ring substituents is 1. The van der Waals surface area contributed by atoms with E-state index in [4.69, 9.17) is 4.74 Å². The van der Waals surface area contributed by atoms with Crippen molar-refractivity contribution in [3.8, 4) is 5.75 Å². The molecule has 0 fully saturated rings. The fourth-order valence-corrected chi connectivity index (χ4v) is 4.61. The number of ether oxygens (including phenoxy) is 1. The number of nitro groups is 1. The third-order valence-corrected chi connectivity index (χ3v) is 6.79. The Hall–Kier alpha value is -3.67. The lowest BCUT2D eigenvalue weighted by molar-refractivity contribution is -0.384. The molecule has 2 amide bonds. The van der Waals surface area contributed by atoms with Crippen LogP contribution in [0.5, 0.6) is 5.75 Å². The number of aryl methyl sites for hydroxylation is 1. The van der Waals surface area contributed by atoms with Crippen molar-refractivity contribution < 1.29 is 27.7 Å². The van der Waals surface area contributed by atoms with Crippen molar-refractivity contribution in [2.45, 2.75) is 39.8 Å². The number of non-ortho nitro benzene ring substituents is 1. The fourth-order valence-electron chi connectivity index (χ4n) is 3.76. The number of nitrogens with zero attached hydrogens (tertiary/aromatic N) is 3. The molecule has 0 bridgehead atoms. The van der Waals surface area contributed by atoms with Gasteiger partial charge in [0.05, 0.1) is 18.3 Å². The highest BCUT2D eigenvalue weighted by molar-refractivity contribution is 7.92. The number of hydrogen-bond acceptors (Lipinski definition) is 7. The Balaban J connectivity index is 2.57. The summed E-state index contributed by atoms with van der Waals surface area (Å²) < 4.78 is 31.5. The van der Waals surface area contributed by atoms with E-state index in [-0.39, 0.29) is 29.6 Å². The molecule has 2 aromatic rings. The Bertz CT molecular complexity index is 1220. The summed E-state index contributed by atoms with van der Waals surface area (Å²) in [5, 5.41) is 14.1. The molecule has 0 saturated carbocycles. The minimum absolute atomic E-state index is 0.0417. The van der Waals surface area contributed by atoms with E-state index in [0.717, 1.165) is 27.8 Å². The smallest absolute Gasteiger partial charge is 0.271 e. The van der Waals surface area contributed by atoms with Crippen molar-refractivity contribution >= 4 is 33.2 Å². The summed E-state index contributed by atoms with van der Waals surface area (Å²) in [5.41, 5.74) is 1.19. The van der Waals surface area contributed by atoms with E-state index < -0.39 is 33.4 Å². The number of anilines is 1. The molecular formula is C24H32N4O7S. The quantitative estimate of drug-likeness (QED) is 0.335. The van der Waals surface area contributed by atoms with Crippen LogP contribution in [0.2, 0.25) is 0 Å². The van der Waals surface area contributed by atoms with Crippen LogP contribution in [-0.2, 0) is 26.2 Å². The van der Waals surface area contributed by atoms with E-state index in [9.17, 15) is 28.1 Å². The molecule has 0 spiro atoms. The number of benzene rings is 2. The molecular weight excluding hydrogens is 488 g/mol. The SMILES string of the molecule is CCNC(=O)C(CC)N(Cc1ccccc1C)C(=O)CN(c1cc([N+](=O)[O-])ccc1OC)S(C)(=O)=O. The van der Waals surface area contributed by atoms with Crippen LogP contribution in [0.25, 0.3) is 0 Å². The number of hydrogen-bond donors (Lipinski definition) is 1. The number of methoxy groups -OCH3 is 1. The molecule has 12 heteroatoms. The molecule has 196 valence electrons. The average molecular weight is 521 g/mol. The number of amides is 2. The van der Waals surface area contributed by atoms with Gasteiger partial charge >= 0.3 is 0 Å². The van der Waals surface area contributed by atoms with Crippen molar-refractivity contribution in [3.05, 3.63) is 63.7 Å². The molecule has 1 N–H and O–H groups in total. The second-order valence-corrected chi connectivity index (χ2v) is 10.1. The van der Waals surface area contributed by atoms with E-state index in [0.29, 0.717) is 13.0 Å². The van der Waals surface area contributed by atoms with Crippen molar-refractivity contribution in [3.63, 3.8) is 0 Å². The van der Waals surface area contributed by atoms with Gasteiger partial charge in [0.15, 0.2) is 0 Å². The predicted molar refractivity (Wildman–Crippen MR) is 136 cm³/mol. The normalized spacial score (nSPS) is 11.9. The number of likely N-dealkylation sites (N-methyl/N-ethyl adjacent to an activating group) is 1. The van der Waals surface area contributed by atoms with Crippen molar-refractivity contribution in [2.24, 2.45) is 0 Å². The fraction of sp³-hybridized carbons (Fsp3) is 0.417. The van der Waals surface area contributed by atoms with Crippen LogP contribution >= 0.6 is 0 Å². The summed E-state index contributed by atoms with van der Waals surface area (Å²) in [6.45, 7) is 5.15. The van der Waals surface area contributed by atoms with Crippen LogP contribution in [0.15, 0.2) is 42.5 Å². The second kappa shape index (κ2) is 12.3. The lowest BCUT2D eigenvalue weighted by Crippen LogP contribution is -2.52. The molecule has 0 saturated heterocycles. The number of nitrogens with one attached hydrogen (secondary N) is 1. The Morgan fingerprint density at radius 3 is 2.36 bits per heavy atom. The largest absolute Gasteiger partial charge is 0.495 e. The number of carbonyl (C=O) groups is 2. The van der Waals surface area contributed by atoms with Gasteiger partial charge in [-0.2, -0.15) is 0 Å². The molecule has 0 heterocycles. The molecule has 0 radical (unpaired) electrons. The first-order valence-electron chi connectivity index (χ1n) is 11.4. The first-order valence-corrected chi connectivity index (χ1v) is 13.2. The van der Waals surface area contributed by atoms with Crippen molar-refractivity contribution in [2.75, 3.05) is 30.8 Å². The van der Waals surface area contributed by atoms with Gasteiger partial charge in [-0.15, -0.1) is 0 Å². The van der Waals surface area contributed by atoms with Crippen LogP contribution in [-0.4, -0.2) is 62.6 Å².